The highest BCUT2D eigenvalue weighted by Gasteiger charge is 2.03. The molecule has 0 amide bonds. The van der Waals surface area contributed by atoms with Crippen LogP contribution in [0, 0.1) is 0 Å². The van der Waals surface area contributed by atoms with Gasteiger partial charge in [-0.15, -0.1) is 0 Å². The third kappa shape index (κ3) is 4.62. The molecule has 0 atom stereocenters. The average Bonchev–Trinajstić information content (AvgIpc) is 2.76. The summed E-state index contributed by atoms with van der Waals surface area (Å²) < 4.78 is 5.83. The highest BCUT2D eigenvalue weighted by molar-refractivity contribution is 5.76. The van der Waals surface area contributed by atoms with Crippen molar-refractivity contribution in [3.8, 4) is 11.5 Å². The molecule has 4 rings (SSSR count). The van der Waals surface area contributed by atoms with Crippen LogP contribution in [0.15, 0.2) is 97.5 Å². The molecular weight excluding hydrogens is 346 g/mol. The first-order chi connectivity index (χ1) is 13.9. The third-order valence-corrected chi connectivity index (χ3v) is 4.09. The minimum Gasteiger partial charge on any atom is -0.457 e. The average molecular weight is 365 g/mol. The standard InChI is InChI=1S/C24H19N3O/c1-3-7-19(8-4-1)11-12-20-17-25-18-26-24(20)27-21-13-15-23(16-14-21)28-22-9-5-2-6-10-22/h1-18H,(H,25,26,27). The van der Waals surface area contributed by atoms with Gasteiger partial charge < -0.3 is 10.1 Å². The van der Waals surface area contributed by atoms with E-state index in [-0.39, 0.29) is 0 Å². The van der Waals surface area contributed by atoms with Crippen molar-refractivity contribution in [2.24, 2.45) is 0 Å². The van der Waals surface area contributed by atoms with Crippen LogP contribution in [0.2, 0.25) is 0 Å². The van der Waals surface area contributed by atoms with Gasteiger partial charge in [-0.05, 0) is 48.0 Å². The minimum absolute atomic E-state index is 0.749. The van der Waals surface area contributed by atoms with Crippen molar-refractivity contribution in [2.75, 3.05) is 5.32 Å². The van der Waals surface area contributed by atoms with Crippen LogP contribution < -0.4 is 10.1 Å². The smallest absolute Gasteiger partial charge is 0.141 e. The van der Waals surface area contributed by atoms with Crippen LogP contribution in [0.25, 0.3) is 12.2 Å². The van der Waals surface area contributed by atoms with Crippen LogP contribution in [0.4, 0.5) is 11.5 Å². The molecule has 0 fully saturated rings. The summed E-state index contributed by atoms with van der Waals surface area (Å²) in [6.07, 6.45) is 7.38. The molecule has 4 aromatic rings. The van der Waals surface area contributed by atoms with Gasteiger partial charge in [-0.2, -0.15) is 0 Å². The lowest BCUT2D eigenvalue weighted by atomic mass is 10.2. The number of rotatable bonds is 6. The van der Waals surface area contributed by atoms with Gasteiger partial charge in [-0.1, -0.05) is 54.6 Å². The molecule has 4 nitrogen and oxygen atoms in total. The Morgan fingerprint density at radius 3 is 2.14 bits per heavy atom. The van der Waals surface area contributed by atoms with Gasteiger partial charge >= 0.3 is 0 Å². The Hall–Kier alpha value is -3.92. The Kier molecular flexibility index (Phi) is 5.40. The van der Waals surface area contributed by atoms with Crippen LogP contribution in [-0.4, -0.2) is 9.97 Å². The topological polar surface area (TPSA) is 47.0 Å². The maximum atomic E-state index is 5.83. The maximum absolute atomic E-state index is 5.83. The van der Waals surface area contributed by atoms with Crippen LogP contribution in [-0.2, 0) is 0 Å². The first-order valence-electron chi connectivity index (χ1n) is 9.00. The summed E-state index contributed by atoms with van der Waals surface area (Å²) in [5.41, 5.74) is 2.96. The van der Waals surface area contributed by atoms with E-state index in [0.717, 1.165) is 34.1 Å². The number of para-hydroxylation sites is 1. The number of anilines is 2. The molecule has 0 aliphatic heterocycles. The van der Waals surface area contributed by atoms with Crippen LogP contribution >= 0.6 is 0 Å². The molecule has 136 valence electrons. The Balaban J connectivity index is 1.48. The molecule has 0 saturated heterocycles. The summed E-state index contributed by atoms with van der Waals surface area (Å²) in [6, 6.07) is 27.6. The molecular formula is C24H19N3O. The molecule has 0 aliphatic rings. The van der Waals surface area contributed by atoms with Gasteiger partial charge in [0.25, 0.3) is 0 Å². The summed E-state index contributed by atoms with van der Waals surface area (Å²) >= 11 is 0. The minimum atomic E-state index is 0.749. The summed E-state index contributed by atoms with van der Waals surface area (Å²) in [7, 11) is 0. The van der Waals surface area contributed by atoms with Crippen molar-refractivity contribution < 1.29 is 4.74 Å². The first kappa shape index (κ1) is 17.5. The summed E-state index contributed by atoms with van der Waals surface area (Å²) in [5.74, 6) is 2.34. The van der Waals surface area contributed by atoms with E-state index in [1.54, 1.807) is 6.20 Å². The number of nitrogens with one attached hydrogen (secondary N) is 1. The van der Waals surface area contributed by atoms with E-state index < -0.39 is 0 Å². The van der Waals surface area contributed by atoms with E-state index in [1.165, 1.54) is 6.33 Å². The first-order valence-corrected chi connectivity index (χ1v) is 9.00. The molecule has 3 aromatic carbocycles. The van der Waals surface area contributed by atoms with Crippen LogP contribution in [0.5, 0.6) is 11.5 Å². The number of hydrogen-bond donors (Lipinski definition) is 1. The summed E-state index contributed by atoms with van der Waals surface area (Å²) in [6.45, 7) is 0. The van der Waals surface area contributed by atoms with Crippen molar-refractivity contribution in [1.82, 2.24) is 9.97 Å². The lowest BCUT2D eigenvalue weighted by molar-refractivity contribution is 0.483. The molecule has 0 bridgehead atoms. The molecule has 1 heterocycles. The quantitative estimate of drug-likeness (QED) is 0.443. The van der Waals surface area contributed by atoms with Crippen LogP contribution in [0.1, 0.15) is 11.1 Å². The maximum Gasteiger partial charge on any atom is 0.141 e. The zero-order chi connectivity index (χ0) is 19.0. The number of benzene rings is 3. The molecule has 0 radical (unpaired) electrons. The highest BCUT2D eigenvalue weighted by Crippen LogP contribution is 2.25. The highest BCUT2D eigenvalue weighted by atomic mass is 16.5. The zero-order valence-corrected chi connectivity index (χ0v) is 15.2. The predicted molar refractivity (Wildman–Crippen MR) is 114 cm³/mol. The predicted octanol–water partition coefficient (Wildman–Crippen LogP) is 6.18. The SMILES string of the molecule is C(=Cc1cncnc1Nc1ccc(Oc2ccccc2)cc1)c1ccccc1. The van der Waals surface area contributed by atoms with Gasteiger partial charge in [0.1, 0.15) is 23.6 Å². The molecule has 0 saturated carbocycles. The van der Waals surface area contributed by atoms with Gasteiger partial charge in [0.2, 0.25) is 0 Å². The second-order valence-corrected chi connectivity index (χ2v) is 6.14. The van der Waals surface area contributed by atoms with E-state index in [4.69, 9.17) is 4.74 Å². The van der Waals surface area contributed by atoms with Crippen molar-refractivity contribution >= 4 is 23.7 Å². The van der Waals surface area contributed by atoms with E-state index in [2.05, 4.69) is 27.4 Å². The molecule has 1 N–H and O–H groups in total. The molecule has 1 aromatic heterocycles. The summed E-state index contributed by atoms with van der Waals surface area (Å²) in [4.78, 5) is 8.51. The van der Waals surface area contributed by atoms with E-state index in [0.29, 0.717) is 0 Å². The monoisotopic (exact) mass is 365 g/mol. The molecule has 0 aliphatic carbocycles. The number of nitrogens with zero attached hydrogens (tertiary/aromatic N) is 2. The number of aromatic nitrogens is 2. The number of ether oxygens (including phenoxy) is 1. The van der Waals surface area contributed by atoms with Crippen molar-refractivity contribution in [3.63, 3.8) is 0 Å². The Labute approximate surface area is 164 Å². The van der Waals surface area contributed by atoms with Gasteiger partial charge in [-0.3, -0.25) is 0 Å². The normalized spacial score (nSPS) is 10.7. The Morgan fingerprint density at radius 2 is 1.39 bits per heavy atom. The Bertz CT molecular complexity index is 1050. The summed E-state index contributed by atoms with van der Waals surface area (Å²) in [5, 5.41) is 3.34. The molecule has 0 unspecified atom stereocenters. The third-order valence-electron chi connectivity index (χ3n) is 4.09. The lowest BCUT2D eigenvalue weighted by Crippen LogP contribution is -1.97. The van der Waals surface area contributed by atoms with Gasteiger partial charge in [0, 0.05) is 17.4 Å². The van der Waals surface area contributed by atoms with Gasteiger partial charge in [-0.25, -0.2) is 9.97 Å². The van der Waals surface area contributed by atoms with E-state index >= 15 is 0 Å². The number of hydrogen-bond acceptors (Lipinski definition) is 4. The van der Waals surface area contributed by atoms with Crippen molar-refractivity contribution in [1.29, 1.82) is 0 Å². The largest absolute Gasteiger partial charge is 0.457 e. The molecule has 0 spiro atoms. The fourth-order valence-electron chi connectivity index (χ4n) is 2.68. The van der Waals surface area contributed by atoms with E-state index in [1.807, 2.05) is 84.9 Å². The van der Waals surface area contributed by atoms with Gasteiger partial charge in [0.05, 0.1) is 0 Å². The van der Waals surface area contributed by atoms with Gasteiger partial charge in [0.15, 0.2) is 0 Å². The fourth-order valence-corrected chi connectivity index (χ4v) is 2.68. The second-order valence-electron chi connectivity index (χ2n) is 6.14. The Morgan fingerprint density at radius 1 is 0.714 bits per heavy atom. The van der Waals surface area contributed by atoms with Crippen molar-refractivity contribution in [2.45, 2.75) is 0 Å². The van der Waals surface area contributed by atoms with Crippen molar-refractivity contribution in [3.05, 3.63) is 109 Å². The second kappa shape index (κ2) is 8.64. The van der Waals surface area contributed by atoms with E-state index in [9.17, 15) is 0 Å². The molecule has 4 heteroatoms. The fraction of sp³-hybridized carbons (Fsp3) is 0. The lowest BCUT2D eigenvalue weighted by Gasteiger charge is -2.10. The van der Waals surface area contributed by atoms with Crippen LogP contribution in [0.3, 0.4) is 0 Å². The molecule has 28 heavy (non-hydrogen) atoms. The zero-order valence-electron chi connectivity index (χ0n) is 15.2.